The van der Waals surface area contributed by atoms with Crippen LogP contribution in [-0.2, 0) is 10.0 Å². The van der Waals surface area contributed by atoms with Gasteiger partial charge in [0.2, 0.25) is 10.0 Å². The Balaban J connectivity index is 2.82. The van der Waals surface area contributed by atoms with E-state index in [0.717, 1.165) is 11.3 Å². The highest BCUT2D eigenvalue weighted by Crippen LogP contribution is 2.25. The molecule has 1 aromatic rings. The van der Waals surface area contributed by atoms with Crippen LogP contribution in [0.4, 0.5) is 0 Å². The Bertz CT molecular complexity index is 565. The van der Waals surface area contributed by atoms with Crippen LogP contribution in [0.3, 0.4) is 0 Å². The van der Waals surface area contributed by atoms with Crippen molar-refractivity contribution in [1.82, 2.24) is 0 Å². The van der Waals surface area contributed by atoms with Crippen LogP contribution in [0.2, 0.25) is 0 Å². The molecule has 120 valence electrons. The van der Waals surface area contributed by atoms with E-state index in [-0.39, 0.29) is 17.6 Å². The van der Waals surface area contributed by atoms with Gasteiger partial charge in [0.05, 0.1) is 12.4 Å². The molecular weight excluding hydrogens is 286 g/mol. The molecule has 0 saturated heterocycles. The summed E-state index contributed by atoms with van der Waals surface area (Å²) in [6, 6.07) is 6.17. The van der Waals surface area contributed by atoms with Gasteiger partial charge < -0.3 is 4.74 Å². The fraction of sp³-hybridized carbons (Fsp3) is 0.625. The van der Waals surface area contributed by atoms with Crippen molar-refractivity contribution >= 4 is 10.0 Å². The molecule has 0 bridgehead atoms. The van der Waals surface area contributed by atoms with Gasteiger partial charge in [0, 0.05) is 5.92 Å². The van der Waals surface area contributed by atoms with Crippen LogP contribution < -0.4 is 9.88 Å². The van der Waals surface area contributed by atoms with Crippen molar-refractivity contribution < 1.29 is 13.2 Å². The van der Waals surface area contributed by atoms with Gasteiger partial charge in [-0.1, -0.05) is 39.8 Å². The van der Waals surface area contributed by atoms with Crippen molar-refractivity contribution in [3.8, 4) is 5.75 Å². The number of nitrogens with two attached hydrogens (primary N) is 1. The molecule has 0 fully saturated rings. The molecule has 0 heterocycles. The zero-order valence-corrected chi connectivity index (χ0v) is 14.4. The summed E-state index contributed by atoms with van der Waals surface area (Å²) in [6.07, 6.45) is 0. The van der Waals surface area contributed by atoms with Crippen LogP contribution >= 0.6 is 0 Å². The topological polar surface area (TPSA) is 69.4 Å². The number of aryl methyl sites for hydroxylation is 1. The molecule has 0 aliphatic heterocycles. The largest absolute Gasteiger partial charge is 0.493 e. The third kappa shape index (κ3) is 6.06. The summed E-state index contributed by atoms with van der Waals surface area (Å²) in [7, 11) is -3.48. The van der Waals surface area contributed by atoms with E-state index in [9.17, 15) is 8.42 Å². The molecule has 1 atom stereocenters. The lowest BCUT2D eigenvalue weighted by Crippen LogP contribution is -2.30. The van der Waals surface area contributed by atoms with Crippen LogP contribution in [0.1, 0.15) is 44.7 Å². The predicted molar refractivity (Wildman–Crippen MR) is 87.1 cm³/mol. The normalized spacial score (nSPS) is 13.7. The van der Waals surface area contributed by atoms with Crippen molar-refractivity contribution in [3.63, 3.8) is 0 Å². The summed E-state index contributed by atoms with van der Waals surface area (Å²) < 4.78 is 28.5. The number of hydrogen-bond acceptors (Lipinski definition) is 3. The molecule has 21 heavy (non-hydrogen) atoms. The smallest absolute Gasteiger partial charge is 0.209 e. The molecule has 0 aromatic heterocycles. The van der Waals surface area contributed by atoms with Crippen molar-refractivity contribution in [2.75, 3.05) is 12.4 Å². The minimum absolute atomic E-state index is 0.0480. The Morgan fingerprint density at radius 1 is 1.19 bits per heavy atom. The van der Waals surface area contributed by atoms with Gasteiger partial charge in [-0.25, -0.2) is 13.6 Å². The maximum Gasteiger partial charge on any atom is 0.209 e. The number of rotatable bonds is 7. The predicted octanol–water partition coefficient (Wildman–Crippen LogP) is 3.06. The highest BCUT2D eigenvalue weighted by Gasteiger charge is 2.20. The van der Waals surface area contributed by atoms with Gasteiger partial charge in [0.1, 0.15) is 5.75 Å². The fourth-order valence-electron chi connectivity index (χ4n) is 2.06. The minimum atomic E-state index is -3.48. The van der Waals surface area contributed by atoms with Crippen LogP contribution in [0.15, 0.2) is 18.2 Å². The average Bonchev–Trinajstić information content (AvgIpc) is 2.34. The Labute approximate surface area is 128 Å². The first-order valence-electron chi connectivity index (χ1n) is 7.34. The molecule has 0 aliphatic carbocycles. The second-order valence-electron chi connectivity index (χ2n) is 6.32. The lowest BCUT2D eigenvalue weighted by atomic mass is 9.98. The molecule has 0 spiro atoms. The molecular formula is C16H27NO3S. The SMILES string of the molecule is Cc1ccc(C(C)C)cc1OCC(CS(N)(=O)=O)C(C)C. The van der Waals surface area contributed by atoms with Gasteiger partial charge in [-0.15, -0.1) is 0 Å². The monoisotopic (exact) mass is 313 g/mol. The molecule has 5 heteroatoms. The van der Waals surface area contributed by atoms with E-state index >= 15 is 0 Å². The van der Waals surface area contributed by atoms with Gasteiger partial charge in [0.15, 0.2) is 0 Å². The van der Waals surface area contributed by atoms with Gasteiger partial charge in [-0.2, -0.15) is 0 Å². The van der Waals surface area contributed by atoms with Crippen molar-refractivity contribution in [1.29, 1.82) is 0 Å². The Kier molecular flexibility index (Phi) is 6.23. The highest BCUT2D eigenvalue weighted by molar-refractivity contribution is 7.89. The van der Waals surface area contributed by atoms with Crippen LogP contribution in [0.25, 0.3) is 0 Å². The van der Waals surface area contributed by atoms with Crippen LogP contribution in [0.5, 0.6) is 5.75 Å². The van der Waals surface area contributed by atoms with E-state index in [2.05, 4.69) is 19.9 Å². The first-order valence-corrected chi connectivity index (χ1v) is 9.05. The maximum absolute atomic E-state index is 11.3. The summed E-state index contributed by atoms with van der Waals surface area (Å²) in [4.78, 5) is 0. The standard InChI is InChI=1S/C16H27NO3S/c1-11(2)14-7-6-13(5)16(8-14)20-9-15(12(3)4)10-21(17,18)19/h6-8,11-12,15H,9-10H2,1-5H3,(H2,17,18,19). The molecule has 0 radical (unpaired) electrons. The fourth-order valence-corrected chi connectivity index (χ4v) is 3.14. The summed E-state index contributed by atoms with van der Waals surface area (Å²) in [5.74, 6) is 1.28. The second-order valence-corrected chi connectivity index (χ2v) is 7.98. The molecule has 0 amide bonds. The van der Waals surface area contributed by atoms with Crippen molar-refractivity contribution in [2.45, 2.75) is 40.5 Å². The quantitative estimate of drug-likeness (QED) is 0.841. The summed E-state index contributed by atoms with van der Waals surface area (Å²) >= 11 is 0. The number of benzene rings is 1. The van der Waals surface area contributed by atoms with Crippen LogP contribution in [-0.4, -0.2) is 20.8 Å². The number of sulfonamides is 1. The van der Waals surface area contributed by atoms with E-state index in [1.54, 1.807) is 0 Å². The zero-order chi connectivity index (χ0) is 16.2. The Morgan fingerprint density at radius 2 is 1.81 bits per heavy atom. The van der Waals surface area contributed by atoms with Gasteiger partial charge in [0.25, 0.3) is 0 Å². The molecule has 0 saturated carbocycles. The summed E-state index contributed by atoms with van der Waals surface area (Å²) in [6.45, 7) is 10.6. The van der Waals surface area contributed by atoms with E-state index in [1.165, 1.54) is 5.56 Å². The first kappa shape index (κ1) is 18.0. The molecule has 1 rings (SSSR count). The van der Waals surface area contributed by atoms with E-state index in [1.807, 2.05) is 32.9 Å². The highest BCUT2D eigenvalue weighted by atomic mass is 32.2. The summed E-state index contributed by atoms with van der Waals surface area (Å²) in [5.41, 5.74) is 2.26. The Hall–Kier alpha value is -1.07. The molecule has 0 aliphatic rings. The van der Waals surface area contributed by atoms with Gasteiger partial charge >= 0.3 is 0 Å². The lowest BCUT2D eigenvalue weighted by Gasteiger charge is -2.21. The third-order valence-corrected chi connectivity index (χ3v) is 4.61. The molecule has 1 aromatic carbocycles. The Morgan fingerprint density at radius 3 is 2.29 bits per heavy atom. The lowest BCUT2D eigenvalue weighted by molar-refractivity contribution is 0.223. The van der Waals surface area contributed by atoms with E-state index < -0.39 is 10.0 Å². The maximum atomic E-state index is 11.3. The zero-order valence-electron chi connectivity index (χ0n) is 13.6. The number of hydrogen-bond donors (Lipinski definition) is 1. The molecule has 1 unspecified atom stereocenters. The molecule has 4 nitrogen and oxygen atoms in total. The molecule has 2 N–H and O–H groups in total. The first-order chi connectivity index (χ1) is 9.60. The number of ether oxygens (including phenoxy) is 1. The number of primary sulfonamides is 1. The van der Waals surface area contributed by atoms with Crippen LogP contribution in [0, 0.1) is 18.8 Å². The van der Waals surface area contributed by atoms with E-state index in [0.29, 0.717) is 12.5 Å². The van der Waals surface area contributed by atoms with E-state index in [4.69, 9.17) is 9.88 Å². The second kappa shape index (κ2) is 7.27. The van der Waals surface area contributed by atoms with Gasteiger partial charge in [-0.3, -0.25) is 0 Å². The third-order valence-electron chi connectivity index (χ3n) is 3.72. The van der Waals surface area contributed by atoms with Crippen molar-refractivity contribution in [3.05, 3.63) is 29.3 Å². The van der Waals surface area contributed by atoms with Gasteiger partial charge in [-0.05, 0) is 36.0 Å². The summed E-state index contributed by atoms with van der Waals surface area (Å²) in [5, 5.41) is 5.15. The van der Waals surface area contributed by atoms with Crippen molar-refractivity contribution in [2.24, 2.45) is 17.0 Å². The minimum Gasteiger partial charge on any atom is -0.493 e. The average molecular weight is 313 g/mol.